The monoisotopic (exact) mass is 350 g/mol. The number of carbonyl (C=O) groups excluding carboxylic acids is 1. The van der Waals surface area contributed by atoms with E-state index in [1.54, 1.807) is 6.20 Å². The number of aromatic nitrogens is 2. The Bertz CT molecular complexity index is 777. The second-order valence-corrected chi connectivity index (χ2v) is 6.91. The van der Waals surface area contributed by atoms with Crippen LogP contribution in [0.3, 0.4) is 0 Å². The van der Waals surface area contributed by atoms with Crippen LogP contribution in [0.1, 0.15) is 29.7 Å². The molecule has 1 unspecified atom stereocenters. The van der Waals surface area contributed by atoms with Crippen LogP contribution in [0.2, 0.25) is 0 Å². The number of aryl methyl sites for hydroxylation is 1. The van der Waals surface area contributed by atoms with E-state index in [4.69, 9.17) is 4.42 Å². The van der Waals surface area contributed by atoms with Crippen LogP contribution in [0.25, 0.3) is 0 Å². The summed E-state index contributed by atoms with van der Waals surface area (Å²) in [5.41, 5.74) is 1.02. The maximum absolute atomic E-state index is 13.0. The Hall–Kier alpha value is -2.22. The number of likely N-dealkylation sites (tertiary alicyclic amines) is 1. The summed E-state index contributed by atoms with van der Waals surface area (Å²) in [6, 6.07) is 5.64. The lowest BCUT2D eigenvalue weighted by atomic mass is 10.1. The van der Waals surface area contributed by atoms with Crippen molar-refractivity contribution in [3.8, 4) is 0 Å². The Morgan fingerprint density at radius 2 is 2.16 bits per heavy atom. The first-order chi connectivity index (χ1) is 11.9. The molecule has 8 heteroatoms. The molecular formula is C17H20F2N4O2. The van der Waals surface area contributed by atoms with Crippen LogP contribution in [0.4, 0.5) is 8.78 Å². The number of halogens is 2. The van der Waals surface area contributed by atoms with Gasteiger partial charge in [0.15, 0.2) is 0 Å². The fourth-order valence-electron chi connectivity index (χ4n) is 3.55. The van der Waals surface area contributed by atoms with Crippen LogP contribution in [0.15, 0.2) is 28.8 Å². The van der Waals surface area contributed by atoms with Crippen LogP contribution in [0, 0.1) is 6.92 Å². The van der Waals surface area contributed by atoms with Gasteiger partial charge < -0.3 is 9.32 Å². The highest BCUT2D eigenvalue weighted by Crippen LogP contribution is 2.30. The van der Waals surface area contributed by atoms with Gasteiger partial charge >= 0.3 is 0 Å². The van der Waals surface area contributed by atoms with Gasteiger partial charge in [0.25, 0.3) is 5.92 Å². The van der Waals surface area contributed by atoms with Crippen molar-refractivity contribution in [2.75, 3.05) is 19.6 Å². The number of amides is 1. The molecule has 0 aliphatic carbocycles. The molecule has 0 aromatic carbocycles. The van der Waals surface area contributed by atoms with Crippen molar-refractivity contribution in [3.05, 3.63) is 41.6 Å². The van der Waals surface area contributed by atoms with Gasteiger partial charge in [-0.25, -0.2) is 8.78 Å². The van der Waals surface area contributed by atoms with E-state index in [2.05, 4.69) is 10.00 Å². The highest BCUT2D eigenvalue weighted by molar-refractivity contribution is 5.77. The van der Waals surface area contributed by atoms with Crippen molar-refractivity contribution in [1.82, 2.24) is 19.6 Å². The van der Waals surface area contributed by atoms with Crippen molar-refractivity contribution in [3.63, 3.8) is 0 Å². The molecule has 2 aromatic rings. The summed E-state index contributed by atoms with van der Waals surface area (Å²) in [7, 11) is 0. The molecule has 1 amide bonds. The van der Waals surface area contributed by atoms with E-state index in [0.29, 0.717) is 19.6 Å². The number of hydrogen-bond acceptors (Lipinski definition) is 4. The minimum absolute atomic E-state index is 0.156. The molecule has 0 radical (unpaired) electrons. The lowest BCUT2D eigenvalue weighted by molar-refractivity contribution is -0.166. The fraction of sp³-hybridized carbons (Fsp3) is 0.529. The molecule has 1 saturated heterocycles. The number of furan rings is 1. The average molecular weight is 350 g/mol. The second kappa shape index (κ2) is 5.94. The maximum atomic E-state index is 13.0. The number of rotatable bonds is 4. The van der Waals surface area contributed by atoms with Crippen LogP contribution in [-0.4, -0.2) is 51.0 Å². The van der Waals surface area contributed by atoms with Crippen molar-refractivity contribution in [1.29, 1.82) is 0 Å². The van der Waals surface area contributed by atoms with Gasteiger partial charge in [0.1, 0.15) is 11.5 Å². The van der Waals surface area contributed by atoms with Gasteiger partial charge in [0.2, 0.25) is 5.91 Å². The molecule has 25 heavy (non-hydrogen) atoms. The zero-order valence-electron chi connectivity index (χ0n) is 14.0. The Morgan fingerprint density at radius 1 is 1.36 bits per heavy atom. The van der Waals surface area contributed by atoms with E-state index < -0.39 is 19.0 Å². The van der Waals surface area contributed by atoms with E-state index in [0.717, 1.165) is 17.2 Å². The van der Waals surface area contributed by atoms with Crippen molar-refractivity contribution < 1.29 is 18.0 Å². The van der Waals surface area contributed by atoms with Gasteiger partial charge in [-0.3, -0.25) is 14.4 Å². The Morgan fingerprint density at radius 3 is 2.84 bits per heavy atom. The molecule has 4 rings (SSSR count). The van der Waals surface area contributed by atoms with Crippen LogP contribution < -0.4 is 0 Å². The van der Waals surface area contributed by atoms with Crippen molar-refractivity contribution in [2.24, 2.45) is 0 Å². The zero-order chi connectivity index (χ0) is 17.6. The summed E-state index contributed by atoms with van der Waals surface area (Å²) < 4.78 is 33.5. The minimum atomic E-state index is -2.73. The maximum Gasteiger partial charge on any atom is 0.282 e. The standard InChI is InChI=1S/C17H20F2N4O2/c1-12-2-3-15(25-12)9-21-7-13-4-5-20-23(13)14(8-21)6-16(24)22-10-17(18,19)11-22/h2-5,14H,6-11H2,1H3. The predicted molar refractivity (Wildman–Crippen MR) is 85.0 cm³/mol. The van der Waals surface area contributed by atoms with Gasteiger partial charge in [0.05, 0.1) is 37.8 Å². The van der Waals surface area contributed by atoms with E-state index in [1.807, 2.05) is 29.8 Å². The van der Waals surface area contributed by atoms with Crippen LogP contribution >= 0.6 is 0 Å². The second-order valence-electron chi connectivity index (χ2n) is 6.91. The lowest BCUT2D eigenvalue weighted by Crippen LogP contribution is -2.58. The SMILES string of the molecule is Cc1ccc(CN2Cc3ccnn3C(CC(=O)N3CC(F)(F)C3)C2)o1. The summed E-state index contributed by atoms with van der Waals surface area (Å²) in [6.45, 7) is 2.95. The molecule has 2 aromatic heterocycles. The smallest absolute Gasteiger partial charge is 0.282 e. The topological polar surface area (TPSA) is 54.5 Å². The van der Waals surface area contributed by atoms with E-state index in [-0.39, 0.29) is 18.4 Å². The van der Waals surface area contributed by atoms with Gasteiger partial charge in [-0.1, -0.05) is 0 Å². The normalized spacial score (nSPS) is 22.5. The summed E-state index contributed by atoms with van der Waals surface area (Å²) >= 11 is 0. The number of alkyl halides is 2. The molecule has 0 bridgehead atoms. The van der Waals surface area contributed by atoms with Crippen LogP contribution in [-0.2, 0) is 17.9 Å². The quantitative estimate of drug-likeness (QED) is 0.848. The first-order valence-corrected chi connectivity index (χ1v) is 8.35. The predicted octanol–water partition coefficient (Wildman–Crippen LogP) is 2.21. The summed E-state index contributed by atoms with van der Waals surface area (Å²) in [5.74, 6) is -1.24. The van der Waals surface area contributed by atoms with Gasteiger partial charge in [-0.15, -0.1) is 0 Å². The molecule has 0 N–H and O–H groups in total. The Kier molecular flexibility index (Phi) is 3.87. The molecule has 0 spiro atoms. The number of fused-ring (bicyclic) bond motifs is 1. The third-order valence-electron chi connectivity index (χ3n) is 4.74. The molecule has 1 atom stereocenters. The summed E-state index contributed by atoms with van der Waals surface area (Å²) in [5, 5.41) is 4.32. The molecule has 0 saturated carbocycles. The van der Waals surface area contributed by atoms with Crippen molar-refractivity contribution >= 4 is 5.91 Å². The van der Waals surface area contributed by atoms with E-state index in [9.17, 15) is 13.6 Å². The highest BCUT2D eigenvalue weighted by atomic mass is 19.3. The summed E-state index contributed by atoms with van der Waals surface area (Å²) in [4.78, 5) is 15.7. The molecule has 4 heterocycles. The number of carbonyl (C=O) groups is 1. The fourth-order valence-corrected chi connectivity index (χ4v) is 3.55. The zero-order valence-corrected chi connectivity index (χ0v) is 14.0. The van der Waals surface area contributed by atoms with Gasteiger partial charge in [0, 0.05) is 19.3 Å². The first kappa shape index (κ1) is 16.3. The third kappa shape index (κ3) is 3.30. The first-order valence-electron chi connectivity index (χ1n) is 8.35. The van der Waals surface area contributed by atoms with E-state index in [1.165, 1.54) is 4.90 Å². The molecular weight excluding hydrogens is 330 g/mol. The Balaban J connectivity index is 1.44. The van der Waals surface area contributed by atoms with Crippen molar-refractivity contribution in [2.45, 2.75) is 38.4 Å². The third-order valence-corrected chi connectivity index (χ3v) is 4.74. The van der Waals surface area contributed by atoms with E-state index >= 15 is 0 Å². The highest BCUT2D eigenvalue weighted by Gasteiger charge is 2.46. The largest absolute Gasteiger partial charge is 0.465 e. The molecule has 134 valence electrons. The summed E-state index contributed by atoms with van der Waals surface area (Å²) in [6.07, 6.45) is 1.89. The minimum Gasteiger partial charge on any atom is -0.465 e. The lowest BCUT2D eigenvalue weighted by Gasteiger charge is -2.40. The number of hydrogen-bond donors (Lipinski definition) is 0. The van der Waals surface area contributed by atoms with Gasteiger partial charge in [-0.05, 0) is 25.1 Å². The Labute approximate surface area is 144 Å². The molecule has 2 aliphatic heterocycles. The van der Waals surface area contributed by atoms with Crippen LogP contribution in [0.5, 0.6) is 0 Å². The molecule has 6 nitrogen and oxygen atoms in total. The molecule has 1 fully saturated rings. The molecule has 2 aliphatic rings. The number of nitrogens with zero attached hydrogens (tertiary/aromatic N) is 4. The van der Waals surface area contributed by atoms with Gasteiger partial charge in [-0.2, -0.15) is 5.10 Å². The average Bonchev–Trinajstić information content (AvgIpc) is 3.13.